The van der Waals surface area contributed by atoms with Crippen LogP contribution < -0.4 is 5.73 Å². The standard InChI is InChI=1S/C16H21N3O/c1-11-6-8-12(9-7-11)13-10-16(17)19(18-13)14-4-2-3-5-15(14)20/h6-10,14-15,20H,2-5,17H2,1H3. The van der Waals surface area contributed by atoms with Crippen LogP contribution in [-0.2, 0) is 0 Å². The van der Waals surface area contributed by atoms with E-state index < -0.39 is 0 Å². The lowest BCUT2D eigenvalue weighted by Gasteiger charge is -2.28. The molecule has 4 heteroatoms. The normalized spacial score (nSPS) is 22.9. The summed E-state index contributed by atoms with van der Waals surface area (Å²) in [7, 11) is 0. The van der Waals surface area contributed by atoms with Crippen LogP contribution in [0.5, 0.6) is 0 Å². The molecule has 0 spiro atoms. The molecule has 1 heterocycles. The molecule has 2 atom stereocenters. The zero-order chi connectivity index (χ0) is 14.1. The fourth-order valence-corrected chi connectivity index (χ4v) is 2.92. The molecule has 1 aliphatic rings. The fourth-order valence-electron chi connectivity index (χ4n) is 2.92. The molecule has 2 aromatic rings. The number of aryl methyl sites for hydroxylation is 1. The van der Waals surface area contributed by atoms with Crippen LogP contribution in [0.4, 0.5) is 5.82 Å². The third-order valence-electron chi connectivity index (χ3n) is 4.12. The molecule has 2 unspecified atom stereocenters. The quantitative estimate of drug-likeness (QED) is 0.882. The molecule has 106 valence electrons. The number of nitrogen functional groups attached to an aromatic ring is 1. The molecule has 1 aromatic heterocycles. The van der Waals surface area contributed by atoms with Crippen LogP contribution in [0.15, 0.2) is 30.3 Å². The Balaban J connectivity index is 1.92. The molecular weight excluding hydrogens is 250 g/mol. The highest BCUT2D eigenvalue weighted by Crippen LogP contribution is 2.32. The predicted molar refractivity (Wildman–Crippen MR) is 80.3 cm³/mol. The monoisotopic (exact) mass is 271 g/mol. The molecule has 20 heavy (non-hydrogen) atoms. The van der Waals surface area contributed by atoms with Crippen molar-refractivity contribution in [3.05, 3.63) is 35.9 Å². The van der Waals surface area contributed by atoms with Crippen LogP contribution in [0.1, 0.15) is 37.3 Å². The van der Waals surface area contributed by atoms with E-state index in [0.717, 1.165) is 36.9 Å². The average Bonchev–Trinajstić information content (AvgIpc) is 2.82. The highest BCUT2D eigenvalue weighted by atomic mass is 16.3. The predicted octanol–water partition coefficient (Wildman–Crippen LogP) is 2.92. The fraction of sp³-hybridized carbons (Fsp3) is 0.438. The van der Waals surface area contributed by atoms with Gasteiger partial charge >= 0.3 is 0 Å². The Kier molecular flexibility index (Phi) is 3.49. The Labute approximate surface area is 119 Å². The lowest BCUT2D eigenvalue weighted by molar-refractivity contribution is 0.0707. The summed E-state index contributed by atoms with van der Waals surface area (Å²) < 4.78 is 1.80. The summed E-state index contributed by atoms with van der Waals surface area (Å²) in [6.45, 7) is 2.06. The summed E-state index contributed by atoms with van der Waals surface area (Å²) in [4.78, 5) is 0. The van der Waals surface area contributed by atoms with Gasteiger partial charge in [0.2, 0.25) is 0 Å². The summed E-state index contributed by atoms with van der Waals surface area (Å²) in [6.07, 6.45) is 3.66. The van der Waals surface area contributed by atoms with Gasteiger partial charge in [-0.1, -0.05) is 42.7 Å². The molecule has 1 fully saturated rings. The van der Waals surface area contributed by atoms with Crippen LogP contribution in [0, 0.1) is 6.92 Å². The van der Waals surface area contributed by atoms with Crippen molar-refractivity contribution in [2.45, 2.75) is 44.8 Å². The number of nitrogens with two attached hydrogens (primary N) is 1. The van der Waals surface area contributed by atoms with Gasteiger partial charge in [-0.15, -0.1) is 0 Å². The number of aliphatic hydroxyl groups is 1. The minimum atomic E-state index is -0.336. The Bertz CT molecular complexity index is 588. The van der Waals surface area contributed by atoms with Crippen molar-refractivity contribution < 1.29 is 5.11 Å². The topological polar surface area (TPSA) is 64.1 Å². The van der Waals surface area contributed by atoms with Gasteiger partial charge in [-0.2, -0.15) is 5.10 Å². The smallest absolute Gasteiger partial charge is 0.122 e. The second-order valence-corrected chi connectivity index (χ2v) is 5.68. The van der Waals surface area contributed by atoms with Crippen LogP contribution in [0.3, 0.4) is 0 Å². The van der Waals surface area contributed by atoms with Crippen LogP contribution >= 0.6 is 0 Å². The summed E-state index contributed by atoms with van der Waals surface area (Å²) in [5, 5.41) is 14.8. The molecule has 3 rings (SSSR count). The first-order valence-corrected chi connectivity index (χ1v) is 7.25. The molecule has 0 bridgehead atoms. The van der Waals surface area contributed by atoms with Gasteiger partial charge < -0.3 is 10.8 Å². The van der Waals surface area contributed by atoms with E-state index >= 15 is 0 Å². The molecule has 0 aliphatic heterocycles. The van der Waals surface area contributed by atoms with Crippen molar-refractivity contribution >= 4 is 5.82 Å². The van der Waals surface area contributed by atoms with Crippen LogP contribution in [0.2, 0.25) is 0 Å². The number of hydrogen-bond acceptors (Lipinski definition) is 3. The molecule has 3 N–H and O–H groups in total. The first kappa shape index (κ1) is 13.2. The third kappa shape index (κ3) is 2.43. The number of hydrogen-bond donors (Lipinski definition) is 2. The minimum absolute atomic E-state index is 0.0166. The number of anilines is 1. The van der Waals surface area contributed by atoms with Gasteiger partial charge in [-0.05, 0) is 19.8 Å². The number of aromatic nitrogens is 2. The zero-order valence-electron chi connectivity index (χ0n) is 11.8. The highest BCUT2D eigenvalue weighted by Gasteiger charge is 2.27. The number of benzene rings is 1. The molecule has 1 saturated carbocycles. The van der Waals surface area contributed by atoms with Gasteiger partial charge in [0.15, 0.2) is 0 Å². The number of nitrogens with zero attached hydrogens (tertiary/aromatic N) is 2. The molecule has 1 aliphatic carbocycles. The lowest BCUT2D eigenvalue weighted by atomic mass is 9.93. The minimum Gasteiger partial charge on any atom is -0.391 e. The number of rotatable bonds is 2. The SMILES string of the molecule is Cc1ccc(-c2cc(N)n(C3CCCCC3O)n2)cc1. The second kappa shape index (κ2) is 5.29. The Morgan fingerprint density at radius 3 is 2.60 bits per heavy atom. The van der Waals surface area contributed by atoms with E-state index in [9.17, 15) is 5.11 Å². The maximum atomic E-state index is 10.1. The van der Waals surface area contributed by atoms with E-state index in [0.29, 0.717) is 5.82 Å². The molecule has 0 amide bonds. The van der Waals surface area contributed by atoms with Gasteiger partial charge in [0.25, 0.3) is 0 Å². The molecular formula is C16H21N3O. The first-order valence-electron chi connectivity index (χ1n) is 7.25. The first-order chi connectivity index (χ1) is 9.65. The molecule has 1 aromatic carbocycles. The van der Waals surface area contributed by atoms with E-state index in [1.165, 1.54) is 5.56 Å². The van der Waals surface area contributed by atoms with E-state index in [4.69, 9.17) is 5.73 Å². The average molecular weight is 271 g/mol. The lowest BCUT2D eigenvalue weighted by Crippen LogP contribution is -2.29. The summed E-state index contributed by atoms with van der Waals surface area (Å²) >= 11 is 0. The summed E-state index contributed by atoms with van der Waals surface area (Å²) in [5.74, 6) is 0.631. The number of aliphatic hydroxyl groups excluding tert-OH is 1. The van der Waals surface area contributed by atoms with Crippen molar-refractivity contribution in [3.63, 3.8) is 0 Å². The highest BCUT2D eigenvalue weighted by molar-refractivity contribution is 5.62. The van der Waals surface area contributed by atoms with Crippen molar-refractivity contribution in [1.29, 1.82) is 0 Å². The van der Waals surface area contributed by atoms with Gasteiger partial charge in [0, 0.05) is 11.6 Å². The molecule has 0 saturated heterocycles. The zero-order valence-corrected chi connectivity index (χ0v) is 11.8. The van der Waals surface area contributed by atoms with Gasteiger partial charge in [0.1, 0.15) is 5.82 Å². The van der Waals surface area contributed by atoms with Crippen molar-refractivity contribution in [1.82, 2.24) is 9.78 Å². The summed E-state index contributed by atoms with van der Waals surface area (Å²) in [6, 6.07) is 10.2. The van der Waals surface area contributed by atoms with E-state index in [-0.39, 0.29) is 12.1 Å². The maximum absolute atomic E-state index is 10.1. The Hall–Kier alpha value is -1.81. The van der Waals surface area contributed by atoms with Crippen molar-refractivity contribution in [2.75, 3.05) is 5.73 Å². The Morgan fingerprint density at radius 1 is 1.20 bits per heavy atom. The maximum Gasteiger partial charge on any atom is 0.122 e. The third-order valence-corrected chi connectivity index (χ3v) is 4.12. The Morgan fingerprint density at radius 2 is 1.90 bits per heavy atom. The van der Waals surface area contributed by atoms with E-state index in [1.807, 2.05) is 6.07 Å². The van der Waals surface area contributed by atoms with Gasteiger partial charge in [0.05, 0.1) is 17.8 Å². The van der Waals surface area contributed by atoms with Crippen LogP contribution in [-0.4, -0.2) is 21.0 Å². The van der Waals surface area contributed by atoms with Crippen molar-refractivity contribution in [2.24, 2.45) is 0 Å². The van der Waals surface area contributed by atoms with E-state index in [2.05, 4.69) is 36.3 Å². The summed E-state index contributed by atoms with van der Waals surface area (Å²) in [5.41, 5.74) is 9.25. The van der Waals surface area contributed by atoms with Crippen molar-refractivity contribution in [3.8, 4) is 11.3 Å². The van der Waals surface area contributed by atoms with Gasteiger partial charge in [-0.25, -0.2) is 4.68 Å². The van der Waals surface area contributed by atoms with Crippen LogP contribution in [0.25, 0.3) is 11.3 Å². The molecule has 0 radical (unpaired) electrons. The second-order valence-electron chi connectivity index (χ2n) is 5.68. The van der Waals surface area contributed by atoms with Gasteiger partial charge in [-0.3, -0.25) is 0 Å². The molecule has 4 nitrogen and oxygen atoms in total. The largest absolute Gasteiger partial charge is 0.391 e. The van der Waals surface area contributed by atoms with E-state index in [1.54, 1.807) is 4.68 Å².